The Hall–Kier alpha value is -0.860. The minimum absolute atomic E-state index is 0.828. The van der Waals surface area contributed by atoms with E-state index in [-0.39, 0.29) is 0 Å². The van der Waals surface area contributed by atoms with Gasteiger partial charge in [0.1, 0.15) is 0 Å². The highest BCUT2D eigenvalue weighted by atomic mass is 14.9. The third-order valence-corrected chi connectivity index (χ3v) is 4.57. The van der Waals surface area contributed by atoms with Crippen LogP contribution in [0.4, 0.5) is 0 Å². The van der Waals surface area contributed by atoms with Crippen LogP contribution >= 0.6 is 0 Å². The van der Waals surface area contributed by atoms with Crippen molar-refractivity contribution in [3.05, 3.63) is 34.4 Å². The topological polar surface area (TPSA) is 24.1 Å². The van der Waals surface area contributed by atoms with Gasteiger partial charge in [-0.2, -0.15) is 0 Å². The lowest BCUT2D eigenvalue weighted by Crippen LogP contribution is -2.36. The van der Waals surface area contributed by atoms with E-state index in [1.165, 1.54) is 48.2 Å². The minimum Gasteiger partial charge on any atom is -0.316 e. The van der Waals surface area contributed by atoms with Gasteiger partial charge in [-0.1, -0.05) is 12.1 Å². The van der Waals surface area contributed by atoms with E-state index in [0.29, 0.717) is 0 Å². The second-order valence-corrected chi connectivity index (χ2v) is 5.96. The van der Waals surface area contributed by atoms with Crippen LogP contribution in [0.1, 0.15) is 35.1 Å². The van der Waals surface area contributed by atoms with Crippen LogP contribution in [0, 0.1) is 26.7 Å². The first kappa shape index (κ1) is 14.5. The van der Waals surface area contributed by atoms with Gasteiger partial charge in [0, 0.05) is 0 Å². The molecule has 1 aromatic rings. The van der Waals surface area contributed by atoms with E-state index in [9.17, 15) is 0 Å². The molecule has 1 heterocycles. The summed E-state index contributed by atoms with van der Waals surface area (Å²) in [5, 5.41) is 7.10. The summed E-state index contributed by atoms with van der Waals surface area (Å²) in [7, 11) is 0. The van der Waals surface area contributed by atoms with E-state index in [1.54, 1.807) is 0 Å². The quantitative estimate of drug-likeness (QED) is 0.796. The van der Waals surface area contributed by atoms with Gasteiger partial charge in [0.25, 0.3) is 0 Å². The Labute approximate surface area is 118 Å². The highest BCUT2D eigenvalue weighted by Gasteiger charge is 2.12. The first-order chi connectivity index (χ1) is 9.18. The SMILES string of the molecule is Cc1ccc(CCNCC2CCCNC2)c(C)c1C. The van der Waals surface area contributed by atoms with E-state index >= 15 is 0 Å². The van der Waals surface area contributed by atoms with Crippen molar-refractivity contribution >= 4 is 0 Å². The molecule has 2 N–H and O–H groups in total. The lowest BCUT2D eigenvalue weighted by Gasteiger charge is -2.23. The predicted molar refractivity (Wildman–Crippen MR) is 82.8 cm³/mol. The number of nitrogens with one attached hydrogen (secondary N) is 2. The van der Waals surface area contributed by atoms with Crippen LogP contribution in [0.2, 0.25) is 0 Å². The maximum absolute atomic E-state index is 3.62. The number of piperidine rings is 1. The standard InChI is InChI=1S/C17H28N2/c1-13-6-7-17(15(3)14(13)2)8-10-19-12-16-5-4-9-18-11-16/h6-7,16,18-19H,4-5,8-12H2,1-3H3. The first-order valence-corrected chi connectivity index (χ1v) is 7.65. The van der Waals surface area contributed by atoms with Gasteiger partial charge in [-0.3, -0.25) is 0 Å². The monoisotopic (exact) mass is 260 g/mol. The van der Waals surface area contributed by atoms with Gasteiger partial charge in [-0.15, -0.1) is 0 Å². The molecule has 0 aromatic heterocycles. The zero-order valence-corrected chi connectivity index (χ0v) is 12.7. The van der Waals surface area contributed by atoms with Gasteiger partial charge in [-0.25, -0.2) is 0 Å². The minimum atomic E-state index is 0.828. The molecule has 0 saturated carbocycles. The van der Waals surface area contributed by atoms with Crippen LogP contribution in [0.15, 0.2) is 12.1 Å². The maximum Gasteiger partial charge on any atom is -0.000812 e. The Bertz CT molecular complexity index is 406. The molecule has 19 heavy (non-hydrogen) atoms. The van der Waals surface area contributed by atoms with Gasteiger partial charge in [0.2, 0.25) is 0 Å². The van der Waals surface area contributed by atoms with Crippen molar-refractivity contribution in [1.29, 1.82) is 0 Å². The van der Waals surface area contributed by atoms with Crippen LogP contribution in [-0.2, 0) is 6.42 Å². The predicted octanol–water partition coefficient (Wildman–Crippen LogP) is 2.74. The van der Waals surface area contributed by atoms with E-state index in [2.05, 4.69) is 43.5 Å². The molecule has 0 aliphatic carbocycles. The number of aryl methyl sites for hydroxylation is 1. The molecule has 0 spiro atoms. The van der Waals surface area contributed by atoms with Crippen molar-refractivity contribution in [2.24, 2.45) is 5.92 Å². The molecule has 1 aliphatic heterocycles. The lowest BCUT2D eigenvalue weighted by atomic mass is 9.96. The summed E-state index contributed by atoms with van der Waals surface area (Å²) in [6.45, 7) is 11.3. The third kappa shape index (κ3) is 4.05. The van der Waals surface area contributed by atoms with Gasteiger partial charge >= 0.3 is 0 Å². The van der Waals surface area contributed by atoms with Crippen LogP contribution < -0.4 is 10.6 Å². The maximum atomic E-state index is 3.62. The molecule has 1 aliphatic rings. The molecular weight excluding hydrogens is 232 g/mol. The van der Waals surface area contributed by atoms with Gasteiger partial charge in [-0.05, 0) is 94.4 Å². The average molecular weight is 260 g/mol. The molecule has 1 aromatic carbocycles. The lowest BCUT2D eigenvalue weighted by molar-refractivity contribution is 0.361. The molecule has 2 heteroatoms. The van der Waals surface area contributed by atoms with E-state index < -0.39 is 0 Å². The summed E-state index contributed by atoms with van der Waals surface area (Å²) in [6, 6.07) is 4.55. The largest absolute Gasteiger partial charge is 0.316 e. The fourth-order valence-corrected chi connectivity index (χ4v) is 2.91. The second-order valence-electron chi connectivity index (χ2n) is 5.96. The molecule has 1 fully saturated rings. The van der Waals surface area contributed by atoms with Gasteiger partial charge in [0.15, 0.2) is 0 Å². The molecule has 1 unspecified atom stereocenters. The van der Waals surface area contributed by atoms with Crippen LogP contribution in [0.25, 0.3) is 0 Å². The fraction of sp³-hybridized carbons (Fsp3) is 0.647. The molecule has 1 atom stereocenters. The number of hydrogen-bond acceptors (Lipinski definition) is 2. The highest BCUT2D eigenvalue weighted by molar-refractivity contribution is 5.38. The van der Waals surface area contributed by atoms with Crippen molar-refractivity contribution < 1.29 is 0 Å². The van der Waals surface area contributed by atoms with Crippen molar-refractivity contribution in [1.82, 2.24) is 10.6 Å². The smallest absolute Gasteiger partial charge is 0.000812 e. The summed E-state index contributed by atoms with van der Waals surface area (Å²) >= 11 is 0. The molecule has 0 amide bonds. The first-order valence-electron chi connectivity index (χ1n) is 7.65. The molecular formula is C17H28N2. The fourth-order valence-electron chi connectivity index (χ4n) is 2.91. The summed E-state index contributed by atoms with van der Waals surface area (Å²) in [4.78, 5) is 0. The van der Waals surface area contributed by atoms with E-state index in [1.807, 2.05) is 0 Å². The van der Waals surface area contributed by atoms with Crippen molar-refractivity contribution in [2.45, 2.75) is 40.0 Å². The Kier molecular flexibility index (Phi) is 5.41. The van der Waals surface area contributed by atoms with Crippen molar-refractivity contribution in [3.63, 3.8) is 0 Å². The van der Waals surface area contributed by atoms with Crippen molar-refractivity contribution in [2.75, 3.05) is 26.2 Å². The molecule has 0 bridgehead atoms. The highest BCUT2D eigenvalue weighted by Crippen LogP contribution is 2.17. The Morgan fingerprint density at radius 1 is 1.21 bits per heavy atom. The van der Waals surface area contributed by atoms with E-state index in [4.69, 9.17) is 0 Å². The Morgan fingerprint density at radius 3 is 2.79 bits per heavy atom. The number of hydrogen-bond donors (Lipinski definition) is 2. The normalized spacial score (nSPS) is 19.6. The van der Waals surface area contributed by atoms with Crippen molar-refractivity contribution in [3.8, 4) is 0 Å². The molecule has 106 valence electrons. The van der Waals surface area contributed by atoms with Gasteiger partial charge in [0.05, 0.1) is 0 Å². The third-order valence-electron chi connectivity index (χ3n) is 4.57. The second kappa shape index (κ2) is 7.06. The van der Waals surface area contributed by atoms with Crippen LogP contribution in [0.5, 0.6) is 0 Å². The summed E-state index contributed by atoms with van der Waals surface area (Å²) < 4.78 is 0. The zero-order valence-electron chi connectivity index (χ0n) is 12.7. The molecule has 1 saturated heterocycles. The van der Waals surface area contributed by atoms with Crippen LogP contribution in [-0.4, -0.2) is 26.2 Å². The Balaban J connectivity index is 1.75. The average Bonchev–Trinajstić information content (AvgIpc) is 2.44. The Morgan fingerprint density at radius 2 is 2.05 bits per heavy atom. The summed E-state index contributed by atoms with van der Waals surface area (Å²) in [5.41, 5.74) is 5.83. The van der Waals surface area contributed by atoms with Gasteiger partial charge < -0.3 is 10.6 Å². The zero-order chi connectivity index (χ0) is 13.7. The molecule has 2 nitrogen and oxygen atoms in total. The van der Waals surface area contributed by atoms with Crippen LogP contribution in [0.3, 0.4) is 0 Å². The number of rotatable bonds is 5. The molecule has 2 rings (SSSR count). The molecule has 0 radical (unpaired) electrons. The summed E-state index contributed by atoms with van der Waals surface area (Å²) in [6.07, 6.45) is 3.86. The summed E-state index contributed by atoms with van der Waals surface area (Å²) in [5.74, 6) is 0.828. The number of benzene rings is 1. The van der Waals surface area contributed by atoms with E-state index in [0.717, 1.165) is 25.4 Å².